The highest BCUT2D eigenvalue weighted by Gasteiger charge is 2.31. The summed E-state index contributed by atoms with van der Waals surface area (Å²) in [6, 6.07) is 3.99. The molecule has 0 aromatic carbocycles. The summed E-state index contributed by atoms with van der Waals surface area (Å²) in [5.41, 5.74) is 6.14. The third-order valence-electron chi connectivity index (χ3n) is 2.92. The lowest BCUT2D eigenvalue weighted by molar-refractivity contribution is 0.236. The summed E-state index contributed by atoms with van der Waals surface area (Å²) in [6.07, 6.45) is 3.58. The molecule has 1 aromatic heterocycles. The molecule has 3 heteroatoms. The minimum Gasteiger partial charge on any atom is -0.465 e. The summed E-state index contributed by atoms with van der Waals surface area (Å²) in [4.78, 5) is 0. The topological polar surface area (TPSA) is 51.2 Å². The Morgan fingerprint density at radius 1 is 1.50 bits per heavy atom. The molecular weight excluding hydrogens is 176 g/mol. The third kappa shape index (κ3) is 2.16. The SMILES string of the molecule is Cc1ccc(CNCC2(N)CCC2)o1. The van der Waals surface area contributed by atoms with Gasteiger partial charge in [0.1, 0.15) is 11.5 Å². The fraction of sp³-hybridized carbons (Fsp3) is 0.636. The van der Waals surface area contributed by atoms with E-state index in [0.717, 1.165) is 37.5 Å². The number of nitrogens with one attached hydrogen (secondary N) is 1. The summed E-state index contributed by atoms with van der Waals surface area (Å²) >= 11 is 0. The molecule has 78 valence electrons. The van der Waals surface area contributed by atoms with E-state index in [1.54, 1.807) is 0 Å². The Morgan fingerprint density at radius 3 is 2.79 bits per heavy atom. The zero-order valence-corrected chi connectivity index (χ0v) is 8.68. The number of hydrogen-bond donors (Lipinski definition) is 2. The molecular formula is C11H18N2O. The average Bonchev–Trinajstić information content (AvgIpc) is 2.49. The predicted octanol–water partition coefficient (Wildman–Crippen LogP) is 1.56. The molecule has 0 radical (unpaired) electrons. The lowest BCUT2D eigenvalue weighted by Gasteiger charge is -2.38. The van der Waals surface area contributed by atoms with Gasteiger partial charge in [-0.2, -0.15) is 0 Å². The van der Waals surface area contributed by atoms with Crippen molar-refractivity contribution >= 4 is 0 Å². The largest absolute Gasteiger partial charge is 0.465 e. The van der Waals surface area contributed by atoms with Crippen molar-refractivity contribution in [3.05, 3.63) is 23.7 Å². The zero-order chi connectivity index (χ0) is 10.0. The first-order chi connectivity index (χ1) is 6.68. The molecule has 1 fully saturated rings. The Hall–Kier alpha value is -0.800. The quantitative estimate of drug-likeness (QED) is 0.764. The van der Waals surface area contributed by atoms with Crippen LogP contribution in [0.4, 0.5) is 0 Å². The van der Waals surface area contributed by atoms with Gasteiger partial charge in [0, 0.05) is 12.1 Å². The van der Waals surface area contributed by atoms with Crippen molar-refractivity contribution < 1.29 is 4.42 Å². The molecule has 1 aromatic rings. The first-order valence-electron chi connectivity index (χ1n) is 5.23. The van der Waals surface area contributed by atoms with Gasteiger partial charge in [-0.1, -0.05) is 0 Å². The number of aryl methyl sites for hydroxylation is 1. The normalized spacial score (nSPS) is 19.3. The maximum Gasteiger partial charge on any atom is 0.117 e. The highest BCUT2D eigenvalue weighted by molar-refractivity contribution is 5.05. The minimum atomic E-state index is 0.0572. The molecule has 0 unspecified atom stereocenters. The van der Waals surface area contributed by atoms with Gasteiger partial charge in [-0.15, -0.1) is 0 Å². The first kappa shape index (κ1) is 9.74. The number of hydrogen-bond acceptors (Lipinski definition) is 3. The second kappa shape index (κ2) is 3.75. The minimum absolute atomic E-state index is 0.0572. The van der Waals surface area contributed by atoms with Gasteiger partial charge in [-0.25, -0.2) is 0 Å². The van der Waals surface area contributed by atoms with Gasteiger partial charge in [-0.3, -0.25) is 0 Å². The number of rotatable bonds is 4. The van der Waals surface area contributed by atoms with Crippen LogP contribution in [0.2, 0.25) is 0 Å². The van der Waals surface area contributed by atoms with Crippen molar-refractivity contribution in [2.24, 2.45) is 5.73 Å². The molecule has 14 heavy (non-hydrogen) atoms. The van der Waals surface area contributed by atoms with Crippen LogP contribution in [-0.4, -0.2) is 12.1 Å². The fourth-order valence-corrected chi connectivity index (χ4v) is 1.82. The van der Waals surface area contributed by atoms with Gasteiger partial charge in [0.2, 0.25) is 0 Å². The van der Waals surface area contributed by atoms with E-state index in [9.17, 15) is 0 Å². The summed E-state index contributed by atoms with van der Waals surface area (Å²) in [5, 5.41) is 3.34. The van der Waals surface area contributed by atoms with Gasteiger partial charge in [0.05, 0.1) is 6.54 Å². The van der Waals surface area contributed by atoms with E-state index in [1.807, 2.05) is 19.1 Å². The van der Waals surface area contributed by atoms with E-state index in [-0.39, 0.29) is 5.54 Å². The van der Waals surface area contributed by atoms with Crippen LogP contribution in [-0.2, 0) is 6.54 Å². The Labute approximate surface area is 84.7 Å². The Bertz CT molecular complexity index is 302. The van der Waals surface area contributed by atoms with Gasteiger partial charge in [0.25, 0.3) is 0 Å². The highest BCUT2D eigenvalue weighted by Crippen LogP contribution is 2.28. The highest BCUT2D eigenvalue weighted by atomic mass is 16.3. The van der Waals surface area contributed by atoms with Gasteiger partial charge < -0.3 is 15.5 Å². The van der Waals surface area contributed by atoms with Crippen LogP contribution in [0.5, 0.6) is 0 Å². The van der Waals surface area contributed by atoms with Gasteiger partial charge >= 0.3 is 0 Å². The van der Waals surface area contributed by atoms with Crippen LogP contribution in [0.25, 0.3) is 0 Å². The number of nitrogens with two attached hydrogens (primary N) is 1. The zero-order valence-electron chi connectivity index (χ0n) is 8.68. The fourth-order valence-electron chi connectivity index (χ4n) is 1.82. The standard InChI is InChI=1S/C11H18N2O/c1-9-3-4-10(14-9)7-13-8-11(12)5-2-6-11/h3-4,13H,2,5-8,12H2,1H3. The monoisotopic (exact) mass is 194 g/mol. The predicted molar refractivity (Wildman–Crippen MR) is 55.9 cm³/mol. The molecule has 1 saturated carbocycles. The Morgan fingerprint density at radius 2 is 2.29 bits per heavy atom. The first-order valence-corrected chi connectivity index (χ1v) is 5.23. The van der Waals surface area contributed by atoms with E-state index < -0.39 is 0 Å². The molecule has 1 aliphatic rings. The molecule has 2 rings (SSSR count). The van der Waals surface area contributed by atoms with Crippen molar-refractivity contribution in [1.29, 1.82) is 0 Å². The van der Waals surface area contributed by atoms with E-state index in [0.29, 0.717) is 0 Å². The third-order valence-corrected chi connectivity index (χ3v) is 2.92. The molecule has 0 bridgehead atoms. The molecule has 0 aliphatic heterocycles. The van der Waals surface area contributed by atoms with Crippen molar-refractivity contribution in [3.8, 4) is 0 Å². The van der Waals surface area contributed by atoms with Crippen LogP contribution in [0.1, 0.15) is 30.8 Å². The van der Waals surface area contributed by atoms with Crippen molar-refractivity contribution in [3.63, 3.8) is 0 Å². The van der Waals surface area contributed by atoms with E-state index in [4.69, 9.17) is 10.2 Å². The summed E-state index contributed by atoms with van der Waals surface area (Å²) in [6.45, 7) is 3.64. The van der Waals surface area contributed by atoms with Gasteiger partial charge in [-0.05, 0) is 38.3 Å². The van der Waals surface area contributed by atoms with Crippen LogP contribution in [0.3, 0.4) is 0 Å². The van der Waals surface area contributed by atoms with Crippen molar-refractivity contribution in [2.45, 2.75) is 38.3 Å². The Balaban J connectivity index is 1.72. The molecule has 3 nitrogen and oxygen atoms in total. The maximum atomic E-state index is 6.08. The molecule has 1 heterocycles. The van der Waals surface area contributed by atoms with E-state index in [1.165, 1.54) is 6.42 Å². The van der Waals surface area contributed by atoms with Gasteiger partial charge in [0.15, 0.2) is 0 Å². The van der Waals surface area contributed by atoms with Crippen LogP contribution in [0.15, 0.2) is 16.5 Å². The van der Waals surface area contributed by atoms with Crippen molar-refractivity contribution in [2.75, 3.05) is 6.54 Å². The number of furan rings is 1. The summed E-state index contributed by atoms with van der Waals surface area (Å²) in [7, 11) is 0. The van der Waals surface area contributed by atoms with Crippen LogP contribution < -0.4 is 11.1 Å². The summed E-state index contributed by atoms with van der Waals surface area (Å²) in [5.74, 6) is 1.96. The molecule has 0 atom stereocenters. The second-order valence-electron chi connectivity index (χ2n) is 4.33. The Kier molecular flexibility index (Phi) is 2.61. The van der Waals surface area contributed by atoms with Crippen molar-refractivity contribution in [1.82, 2.24) is 5.32 Å². The molecule has 0 spiro atoms. The lowest BCUT2D eigenvalue weighted by atomic mass is 9.78. The summed E-state index contributed by atoms with van der Waals surface area (Å²) < 4.78 is 5.45. The van der Waals surface area contributed by atoms with Crippen LogP contribution in [0, 0.1) is 6.92 Å². The molecule has 0 amide bonds. The van der Waals surface area contributed by atoms with E-state index in [2.05, 4.69) is 5.32 Å². The lowest BCUT2D eigenvalue weighted by Crippen LogP contribution is -2.53. The molecule has 3 N–H and O–H groups in total. The average molecular weight is 194 g/mol. The van der Waals surface area contributed by atoms with E-state index >= 15 is 0 Å². The second-order valence-corrected chi connectivity index (χ2v) is 4.33. The maximum absolute atomic E-state index is 6.08. The van der Waals surface area contributed by atoms with Crippen LogP contribution >= 0.6 is 0 Å². The smallest absolute Gasteiger partial charge is 0.117 e. The molecule has 1 aliphatic carbocycles. The molecule has 0 saturated heterocycles.